The molecule has 3 rings (SSSR count). The van der Waals surface area contributed by atoms with E-state index in [0.29, 0.717) is 12.1 Å². The summed E-state index contributed by atoms with van der Waals surface area (Å²) >= 11 is 11.9. The topological polar surface area (TPSA) is 48.3 Å². The SMILES string of the molecule is CN(C)c1ccc(CN2C=NC(c3cc(Cl)c(O)c(Cl)c3)O2)cc1. The van der Waals surface area contributed by atoms with E-state index in [1.54, 1.807) is 23.5 Å². The van der Waals surface area contributed by atoms with E-state index in [1.807, 2.05) is 31.1 Å². The molecule has 0 saturated carbocycles. The van der Waals surface area contributed by atoms with Crippen molar-refractivity contribution in [2.24, 2.45) is 4.99 Å². The molecule has 0 aliphatic carbocycles. The largest absolute Gasteiger partial charge is 0.505 e. The van der Waals surface area contributed by atoms with Gasteiger partial charge in [0.25, 0.3) is 0 Å². The number of rotatable bonds is 4. The molecule has 0 bridgehead atoms. The predicted octanol–water partition coefficient (Wildman–Crippen LogP) is 4.24. The summed E-state index contributed by atoms with van der Waals surface area (Å²) in [5.74, 6) is -0.137. The van der Waals surface area contributed by atoms with Crippen LogP contribution in [0.3, 0.4) is 0 Å². The molecule has 1 aliphatic heterocycles. The zero-order valence-corrected chi connectivity index (χ0v) is 14.8. The highest BCUT2D eigenvalue weighted by Crippen LogP contribution is 2.36. The first-order valence-electron chi connectivity index (χ1n) is 7.35. The van der Waals surface area contributed by atoms with Crippen LogP contribution in [-0.4, -0.2) is 30.6 Å². The normalized spacial score (nSPS) is 16.7. The Labute approximate surface area is 150 Å². The van der Waals surface area contributed by atoms with Crippen LogP contribution in [0.25, 0.3) is 0 Å². The molecule has 0 saturated heterocycles. The number of aromatic hydroxyl groups is 1. The Morgan fingerprint density at radius 1 is 1.17 bits per heavy atom. The average Bonchev–Trinajstić information content (AvgIpc) is 3.01. The van der Waals surface area contributed by atoms with E-state index in [9.17, 15) is 5.11 Å². The Morgan fingerprint density at radius 3 is 2.38 bits per heavy atom. The molecule has 7 heteroatoms. The van der Waals surface area contributed by atoms with Crippen molar-refractivity contribution < 1.29 is 9.94 Å². The summed E-state index contributed by atoms with van der Waals surface area (Å²) in [4.78, 5) is 12.1. The summed E-state index contributed by atoms with van der Waals surface area (Å²) in [5.41, 5.74) is 2.93. The lowest BCUT2D eigenvalue weighted by Crippen LogP contribution is -2.18. The van der Waals surface area contributed by atoms with Crippen LogP contribution in [0.2, 0.25) is 10.0 Å². The van der Waals surface area contributed by atoms with Crippen LogP contribution in [0, 0.1) is 0 Å². The minimum atomic E-state index is -0.526. The Bertz CT molecular complexity index is 740. The molecule has 2 aromatic rings. The number of phenols is 1. The lowest BCUT2D eigenvalue weighted by Gasteiger charge is -2.18. The fourth-order valence-electron chi connectivity index (χ4n) is 2.35. The van der Waals surface area contributed by atoms with Gasteiger partial charge in [0.2, 0.25) is 6.23 Å². The third-order valence-corrected chi connectivity index (χ3v) is 4.26. The van der Waals surface area contributed by atoms with E-state index in [-0.39, 0.29) is 15.8 Å². The molecule has 1 heterocycles. The number of phenolic OH excluding ortho intramolecular Hbond substituents is 1. The smallest absolute Gasteiger partial charge is 0.202 e. The molecule has 1 atom stereocenters. The van der Waals surface area contributed by atoms with E-state index in [0.717, 1.165) is 11.3 Å². The van der Waals surface area contributed by atoms with Crippen molar-refractivity contribution in [3.05, 3.63) is 57.6 Å². The maximum absolute atomic E-state index is 9.62. The molecule has 0 radical (unpaired) electrons. The summed E-state index contributed by atoms with van der Waals surface area (Å²) < 4.78 is 0. The van der Waals surface area contributed by atoms with Crippen molar-refractivity contribution in [1.29, 1.82) is 0 Å². The zero-order chi connectivity index (χ0) is 17.3. The summed E-state index contributed by atoms with van der Waals surface area (Å²) in [6, 6.07) is 11.4. The van der Waals surface area contributed by atoms with E-state index in [2.05, 4.69) is 17.1 Å². The van der Waals surface area contributed by atoms with E-state index >= 15 is 0 Å². The Hall–Kier alpha value is -1.95. The molecule has 0 amide bonds. The van der Waals surface area contributed by atoms with Crippen molar-refractivity contribution in [1.82, 2.24) is 5.06 Å². The van der Waals surface area contributed by atoms with Gasteiger partial charge in [-0.1, -0.05) is 35.3 Å². The number of benzene rings is 2. The molecular formula is C17H17Cl2N3O2. The number of halogens is 2. The van der Waals surface area contributed by atoms with Crippen LogP contribution in [0.4, 0.5) is 5.69 Å². The predicted molar refractivity (Wildman–Crippen MR) is 96.8 cm³/mol. The van der Waals surface area contributed by atoms with Gasteiger partial charge in [0.05, 0.1) is 16.6 Å². The number of hydrogen-bond acceptors (Lipinski definition) is 5. The monoisotopic (exact) mass is 365 g/mol. The van der Waals surface area contributed by atoms with Gasteiger partial charge in [-0.15, -0.1) is 0 Å². The van der Waals surface area contributed by atoms with Crippen LogP contribution in [0.5, 0.6) is 5.75 Å². The fourth-order valence-corrected chi connectivity index (χ4v) is 2.85. The highest BCUT2D eigenvalue weighted by Gasteiger charge is 2.22. The second kappa shape index (κ2) is 6.89. The first-order valence-corrected chi connectivity index (χ1v) is 8.10. The molecule has 0 spiro atoms. The lowest BCUT2D eigenvalue weighted by molar-refractivity contribution is -0.127. The molecule has 24 heavy (non-hydrogen) atoms. The van der Waals surface area contributed by atoms with Crippen LogP contribution < -0.4 is 4.90 Å². The fraction of sp³-hybridized carbons (Fsp3) is 0.235. The highest BCUT2D eigenvalue weighted by atomic mass is 35.5. The molecule has 1 N–H and O–H groups in total. The van der Waals surface area contributed by atoms with Gasteiger partial charge in [0.1, 0.15) is 6.34 Å². The first-order chi connectivity index (χ1) is 11.4. The van der Waals surface area contributed by atoms with Crippen LogP contribution in [0.15, 0.2) is 41.4 Å². The summed E-state index contributed by atoms with van der Waals surface area (Å²) in [6.07, 6.45) is 1.11. The second-order valence-corrected chi connectivity index (χ2v) is 6.51. The van der Waals surface area contributed by atoms with Gasteiger partial charge in [-0.2, -0.15) is 0 Å². The van der Waals surface area contributed by atoms with E-state index in [4.69, 9.17) is 28.0 Å². The Balaban J connectivity index is 1.67. The maximum Gasteiger partial charge on any atom is 0.202 e. The first kappa shape index (κ1) is 16.9. The second-order valence-electron chi connectivity index (χ2n) is 5.69. The quantitative estimate of drug-likeness (QED) is 0.880. The lowest BCUT2D eigenvalue weighted by atomic mass is 10.2. The Kier molecular flexibility index (Phi) is 4.85. The summed E-state index contributed by atoms with van der Waals surface area (Å²) in [6.45, 7) is 0.577. The average molecular weight is 366 g/mol. The van der Waals surface area contributed by atoms with Crippen molar-refractivity contribution in [2.75, 3.05) is 19.0 Å². The van der Waals surface area contributed by atoms with Gasteiger partial charge in [0, 0.05) is 25.3 Å². The van der Waals surface area contributed by atoms with Crippen molar-refractivity contribution in [3.8, 4) is 5.75 Å². The number of hydroxylamine groups is 2. The van der Waals surface area contributed by atoms with E-state index in [1.165, 1.54) is 0 Å². The summed E-state index contributed by atoms with van der Waals surface area (Å²) in [5, 5.41) is 11.6. The number of aliphatic imine (C=N–C) groups is 1. The molecule has 1 unspecified atom stereocenters. The van der Waals surface area contributed by atoms with Crippen LogP contribution in [0.1, 0.15) is 17.4 Å². The molecule has 0 aromatic heterocycles. The molecule has 126 valence electrons. The standard InChI is InChI=1S/C17H17Cl2N3O2/c1-21(2)13-5-3-11(4-6-13)9-22-10-20-17(24-22)12-7-14(18)16(23)15(19)8-12/h3-8,10,17,23H,9H2,1-2H3. The minimum Gasteiger partial charge on any atom is -0.505 e. The van der Waals surface area contributed by atoms with Crippen LogP contribution >= 0.6 is 23.2 Å². The van der Waals surface area contributed by atoms with Crippen molar-refractivity contribution in [3.63, 3.8) is 0 Å². The summed E-state index contributed by atoms with van der Waals surface area (Å²) in [7, 11) is 4.01. The molecule has 0 fully saturated rings. The third-order valence-electron chi connectivity index (χ3n) is 3.68. The van der Waals surface area contributed by atoms with Crippen molar-refractivity contribution >= 4 is 35.2 Å². The van der Waals surface area contributed by atoms with E-state index < -0.39 is 6.23 Å². The van der Waals surface area contributed by atoms with Gasteiger partial charge < -0.3 is 10.0 Å². The minimum absolute atomic E-state index is 0.137. The molecular weight excluding hydrogens is 349 g/mol. The van der Waals surface area contributed by atoms with Gasteiger partial charge >= 0.3 is 0 Å². The number of hydrogen-bond donors (Lipinski definition) is 1. The number of anilines is 1. The maximum atomic E-state index is 9.62. The zero-order valence-electron chi connectivity index (χ0n) is 13.3. The van der Waals surface area contributed by atoms with Gasteiger partial charge in [-0.3, -0.25) is 0 Å². The molecule has 5 nitrogen and oxygen atoms in total. The van der Waals surface area contributed by atoms with Gasteiger partial charge in [-0.25, -0.2) is 14.9 Å². The molecule has 2 aromatic carbocycles. The Morgan fingerprint density at radius 2 is 1.79 bits per heavy atom. The number of nitrogens with zero attached hydrogens (tertiary/aromatic N) is 3. The van der Waals surface area contributed by atoms with Gasteiger partial charge in [0.15, 0.2) is 5.75 Å². The van der Waals surface area contributed by atoms with Crippen LogP contribution in [-0.2, 0) is 11.4 Å². The molecule has 1 aliphatic rings. The van der Waals surface area contributed by atoms with Gasteiger partial charge in [-0.05, 0) is 29.8 Å². The van der Waals surface area contributed by atoms with Crippen molar-refractivity contribution in [2.45, 2.75) is 12.8 Å². The highest BCUT2D eigenvalue weighted by molar-refractivity contribution is 6.37. The third kappa shape index (κ3) is 3.59.